The van der Waals surface area contributed by atoms with E-state index in [2.05, 4.69) is 6.07 Å². The number of likely N-dealkylation sites (tertiary alicyclic amines) is 1. The summed E-state index contributed by atoms with van der Waals surface area (Å²) in [5.41, 5.74) is 0.620. The molecule has 110 valence electrons. The van der Waals surface area contributed by atoms with Gasteiger partial charge >= 0.3 is 0 Å². The summed E-state index contributed by atoms with van der Waals surface area (Å²) in [5, 5.41) is 8.91. The van der Waals surface area contributed by atoms with Crippen molar-refractivity contribution in [2.75, 3.05) is 26.3 Å². The smallest absolute Gasteiger partial charge is 0.253 e. The molecule has 0 saturated carbocycles. The van der Waals surface area contributed by atoms with E-state index >= 15 is 0 Å². The first-order valence-electron chi connectivity index (χ1n) is 7.36. The zero-order valence-electron chi connectivity index (χ0n) is 11.9. The van der Waals surface area contributed by atoms with Crippen LogP contribution in [0.5, 0.6) is 11.5 Å². The number of carbonyl (C=O) groups is 1. The quantitative estimate of drug-likeness (QED) is 0.794. The molecule has 0 radical (unpaired) electrons. The summed E-state index contributed by atoms with van der Waals surface area (Å²) in [6.07, 6.45) is 2.36. The fourth-order valence-electron chi connectivity index (χ4n) is 2.69. The minimum Gasteiger partial charge on any atom is -0.490 e. The molecule has 1 fully saturated rings. The van der Waals surface area contributed by atoms with E-state index < -0.39 is 0 Å². The average Bonchev–Trinajstić information content (AvgIpc) is 2.79. The van der Waals surface area contributed by atoms with Gasteiger partial charge in [0.2, 0.25) is 0 Å². The number of hydrogen-bond donors (Lipinski definition) is 0. The monoisotopic (exact) mass is 286 g/mol. The molecule has 5 heteroatoms. The molecule has 1 aromatic carbocycles. The standard InChI is InChI=1S/C16H18N2O3/c17-11-12-4-6-18(7-5-12)16(19)13-2-3-14-15(10-13)21-9-1-8-20-14/h2-3,10,12H,1,4-9H2. The van der Waals surface area contributed by atoms with Gasteiger partial charge in [0.05, 0.1) is 19.3 Å². The normalized spacial score (nSPS) is 18.7. The van der Waals surface area contributed by atoms with Gasteiger partial charge in [0, 0.05) is 31.0 Å². The number of nitriles is 1. The molecular formula is C16H18N2O3. The van der Waals surface area contributed by atoms with E-state index in [1.54, 1.807) is 18.2 Å². The van der Waals surface area contributed by atoms with Crippen molar-refractivity contribution in [3.63, 3.8) is 0 Å². The van der Waals surface area contributed by atoms with Crippen molar-refractivity contribution in [1.29, 1.82) is 5.26 Å². The van der Waals surface area contributed by atoms with Crippen LogP contribution in [-0.4, -0.2) is 37.1 Å². The van der Waals surface area contributed by atoms with Crippen LogP contribution in [0.1, 0.15) is 29.6 Å². The second-order valence-electron chi connectivity index (χ2n) is 5.41. The van der Waals surface area contributed by atoms with Crippen LogP contribution in [-0.2, 0) is 0 Å². The van der Waals surface area contributed by atoms with Gasteiger partial charge in [0.25, 0.3) is 5.91 Å². The Bertz CT molecular complexity index is 571. The van der Waals surface area contributed by atoms with Gasteiger partial charge in [-0.1, -0.05) is 0 Å². The molecule has 0 bridgehead atoms. The third-order valence-electron chi connectivity index (χ3n) is 3.96. The maximum atomic E-state index is 12.5. The highest BCUT2D eigenvalue weighted by molar-refractivity contribution is 5.95. The van der Waals surface area contributed by atoms with Crippen molar-refractivity contribution in [3.8, 4) is 17.6 Å². The van der Waals surface area contributed by atoms with Crippen LogP contribution in [0.4, 0.5) is 0 Å². The largest absolute Gasteiger partial charge is 0.490 e. The first-order valence-corrected chi connectivity index (χ1v) is 7.36. The summed E-state index contributed by atoms with van der Waals surface area (Å²) in [4.78, 5) is 14.3. The zero-order chi connectivity index (χ0) is 14.7. The highest BCUT2D eigenvalue weighted by Gasteiger charge is 2.24. The molecule has 0 unspecified atom stereocenters. The number of amides is 1. The number of piperidine rings is 1. The van der Waals surface area contributed by atoms with E-state index in [4.69, 9.17) is 14.7 Å². The van der Waals surface area contributed by atoms with Gasteiger partial charge in [-0.3, -0.25) is 4.79 Å². The molecule has 0 aliphatic carbocycles. The van der Waals surface area contributed by atoms with Crippen LogP contribution in [0.25, 0.3) is 0 Å². The molecule has 0 spiro atoms. The Morgan fingerprint density at radius 2 is 1.90 bits per heavy atom. The van der Waals surface area contributed by atoms with E-state index in [1.807, 2.05) is 4.90 Å². The molecule has 2 aliphatic rings. The molecule has 21 heavy (non-hydrogen) atoms. The van der Waals surface area contributed by atoms with Crippen molar-refractivity contribution < 1.29 is 14.3 Å². The minimum absolute atomic E-state index is 0.00189. The second-order valence-corrected chi connectivity index (χ2v) is 5.41. The Labute approximate surface area is 124 Å². The summed E-state index contributed by atoms with van der Waals surface area (Å²) < 4.78 is 11.2. The van der Waals surface area contributed by atoms with Crippen LogP contribution in [0, 0.1) is 17.2 Å². The van der Waals surface area contributed by atoms with E-state index in [0.717, 1.165) is 19.3 Å². The topological polar surface area (TPSA) is 62.6 Å². The summed E-state index contributed by atoms with van der Waals surface area (Å²) in [5.74, 6) is 1.43. The van der Waals surface area contributed by atoms with Gasteiger partial charge in [0.15, 0.2) is 11.5 Å². The predicted octanol–water partition coefficient (Wildman–Crippen LogP) is 2.22. The Balaban J connectivity index is 1.73. The Morgan fingerprint density at radius 1 is 1.19 bits per heavy atom. The molecule has 2 aliphatic heterocycles. The third-order valence-corrected chi connectivity index (χ3v) is 3.96. The Kier molecular flexibility index (Phi) is 3.96. The zero-order valence-corrected chi connectivity index (χ0v) is 11.9. The molecule has 1 saturated heterocycles. The van der Waals surface area contributed by atoms with Gasteiger partial charge in [-0.05, 0) is 31.0 Å². The number of benzene rings is 1. The number of carbonyl (C=O) groups excluding carboxylic acids is 1. The van der Waals surface area contributed by atoms with Crippen molar-refractivity contribution in [2.45, 2.75) is 19.3 Å². The number of fused-ring (bicyclic) bond motifs is 1. The van der Waals surface area contributed by atoms with Crippen LogP contribution < -0.4 is 9.47 Å². The van der Waals surface area contributed by atoms with Crippen molar-refractivity contribution >= 4 is 5.91 Å². The van der Waals surface area contributed by atoms with Crippen molar-refractivity contribution in [2.24, 2.45) is 5.92 Å². The van der Waals surface area contributed by atoms with Crippen LogP contribution in [0.3, 0.4) is 0 Å². The molecule has 0 aromatic heterocycles. The molecule has 1 amide bonds. The first-order chi connectivity index (χ1) is 10.3. The summed E-state index contributed by atoms with van der Waals surface area (Å²) >= 11 is 0. The van der Waals surface area contributed by atoms with Gasteiger partial charge in [-0.2, -0.15) is 5.26 Å². The lowest BCUT2D eigenvalue weighted by Crippen LogP contribution is -2.38. The molecule has 3 rings (SSSR count). The average molecular weight is 286 g/mol. The van der Waals surface area contributed by atoms with Crippen molar-refractivity contribution in [1.82, 2.24) is 4.90 Å². The lowest BCUT2D eigenvalue weighted by molar-refractivity contribution is 0.0707. The molecule has 2 heterocycles. The van der Waals surface area contributed by atoms with Gasteiger partial charge in [0.1, 0.15) is 0 Å². The fraction of sp³-hybridized carbons (Fsp3) is 0.500. The molecule has 0 atom stereocenters. The number of rotatable bonds is 1. The summed E-state index contributed by atoms with van der Waals surface area (Å²) in [6.45, 7) is 2.54. The maximum absolute atomic E-state index is 12.5. The van der Waals surface area contributed by atoms with E-state index in [1.165, 1.54) is 0 Å². The molecular weight excluding hydrogens is 268 g/mol. The van der Waals surface area contributed by atoms with Gasteiger partial charge < -0.3 is 14.4 Å². The maximum Gasteiger partial charge on any atom is 0.253 e. The minimum atomic E-state index is 0.00189. The number of ether oxygens (including phenoxy) is 2. The fourth-order valence-corrected chi connectivity index (χ4v) is 2.69. The Hall–Kier alpha value is -2.22. The predicted molar refractivity (Wildman–Crippen MR) is 76.3 cm³/mol. The SMILES string of the molecule is N#CC1CCN(C(=O)c2ccc3c(c2)OCCCO3)CC1. The van der Waals surface area contributed by atoms with E-state index in [-0.39, 0.29) is 11.8 Å². The molecule has 1 aromatic rings. The number of hydrogen-bond acceptors (Lipinski definition) is 4. The lowest BCUT2D eigenvalue weighted by Gasteiger charge is -2.29. The summed E-state index contributed by atoms with van der Waals surface area (Å²) in [7, 11) is 0. The van der Waals surface area contributed by atoms with Crippen molar-refractivity contribution in [3.05, 3.63) is 23.8 Å². The lowest BCUT2D eigenvalue weighted by atomic mass is 9.98. The van der Waals surface area contributed by atoms with Gasteiger partial charge in [-0.25, -0.2) is 0 Å². The van der Waals surface area contributed by atoms with Crippen LogP contribution >= 0.6 is 0 Å². The molecule has 5 nitrogen and oxygen atoms in total. The second kappa shape index (κ2) is 6.04. The van der Waals surface area contributed by atoms with Crippen LogP contribution in [0.15, 0.2) is 18.2 Å². The van der Waals surface area contributed by atoms with E-state index in [0.29, 0.717) is 43.4 Å². The number of nitrogens with zero attached hydrogens (tertiary/aromatic N) is 2. The Morgan fingerprint density at radius 3 is 2.62 bits per heavy atom. The van der Waals surface area contributed by atoms with Gasteiger partial charge in [-0.15, -0.1) is 0 Å². The molecule has 0 N–H and O–H groups in total. The van der Waals surface area contributed by atoms with Crippen LogP contribution in [0.2, 0.25) is 0 Å². The summed E-state index contributed by atoms with van der Waals surface area (Å²) in [6, 6.07) is 7.63. The third kappa shape index (κ3) is 2.94. The highest BCUT2D eigenvalue weighted by Crippen LogP contribution is 2.31. The van der Waals surface area contributed by atoms with E-state index in [9.17, 15) is 4.79 Å². The first kappa shape index (κ1) is 13.7. The highest BCUT2D eigenvalue weighted by atomic mass is 16.5.